The molecule has 4 rings (SSSR count). The second kappa shape index (κ2) is 18.5. The molecule has 0 radical (unpaired) electrons. The van der Waals surface area contributed by atoms with E-state index in [-0.39, 0.29) is 5.82 Å². The summed E-state index contributed by atoms with van der Waals surface area (Å²) in [5.41, 5.74) is 1.81. The molecule has 3 heterocycles. The quantitative estimate of drug-likeness (QED) is 0.334. The summed E-state index contributed by atoms with van der Waals surface area (Å²) in [6.07, 6.45) is 8.20. The van der Waals surface area contributed by atoms with E-state index < -0.39 is 0 Å². The van der Waals surface area contributed by atoms with E-state index in [0.29, 0.717) is 24.2 Å². The van der Waals surface area contributed by atoms with Crippen molar-refractivity contribution in [1.29, 1.82) is 0 Å². The fraction of sp³-hybridized carbons (Fsp3) is 0.600. The van der Waals surface area contributed by atoms with Crippen LogP contribution in [0.4, 0.5) is 10.2 Å². The van der Waals surface area contributed by atoms with Crippen LogP contribution >= 0.6 is 11.6 Å². The molecular formula is C30H47ClFN7O. The average molecular weight is 576 g/mol. The first-order valence-corrected chi connectivity index (χ1v) is 14.7. The Morgan fingerprint density at radius 2 is 1.82 bits per heavy atom. The number of aromatic nitrogens is 2. The lowest BCUT2D eigenvalue weighted by Gasteiger charge is -2.30. The zero-order valence-electron chi connectivity index (χ0n) is 25.1. The molecule has 1 unspecified atom stereocenters. The first-order valence-electron chi connectivity index (χ1n) is 14.3. The monoisotopic (exact) mass is 575 g/mol. The molecule has 2 aliphatic rings. The molecule has 8 nitrogen and oxygen atoms in total. The Labute approximate surface area is 245 Å². The van der Waals surface area contributed by atoms with E-state index in [1.807, 2.05) is 26.4 Å². The summed E-state index contributed by atoms with van der Waals surface area (Å²) in [7, 11) is 1.84. The lowest BCUT2D eigenvalue weighted by Crippen LogP contribution is -2.41. The molecule has 2 fully saturated rings. The molecular weight excluding hydrogens is 529 g/mol. The number of morpholine rings is 1. The van der Waals surface area contributed by atoms with Crippen LogP contribution < -0.4 is 4.90 Å². The molecule has 2 aliphatic heterocycles. The highest BCUT2D eigenvalue weighted by molar-refractivity contribution is 6.31. The van der Waals surface area contributed by atoms with Crippen LogP contribution in [-0.2, 0) is 17.7 Å². The molecule has 0 N–H and O–H groups in total. The van der Waals surface area contributed by atoms with Crippen molar-refractivity contribution >= 4 is 29.6 Å². The molecule has 10 heteroatoms. The Hall–Kier alpha value is -2.78. The van der Waals surface area contributed by atoms with Crippen molar-refractivity contribution in [2.24, 2.45) is 9.98 Å². The van der Waals surface area contributed by atoms with Crippen LogP contribution in [0, 0.1) is 5.82 Å². The zero-order chi connectivity index (χ0) is 29.3. The lowest BCUT2D eigenvalue weighted by atomic mass is 10.1. The number of amidine groups is 1. The highest BCUT2D eigenvalue weighted by Gasteiger charge is 2.24. The minimum absolute atomic E-state index is 0.126. The van der Waals surface area contributed by atoms with Gasteiger partial charge in [0.2, 0.25) is 0 Å². The Kier molecular flexibility index (Phi) is 15.5. The summed E-state index contributed by atoms with van der Waals surface area (Å²) in [4.78, 5) is 23.8. The van der Waals surface area contributed by atoms with E-state index in [9.17, 15) is 4.39 Å². The maximum atomic E-state index is 13.3. The zero-order valence-corrected chi connectivity index (χ0v) is 25.9. The van der Waals surface area contributed by atoms with Crippen molar-refractivity contribution in [3.8, 4) is 0 Å². The van der Waals surface area contributed by atoms with Crippen LogP contribution in [-0.4, -0.2) is 91.0 Å². The third kappa shape index (κ3) is 11.0. The summed E-state index contributed by atoms with van der Waals surface area (Å²) < 4.78 is 18.6. The van der Waals surface area contributed by atoms with Gasteiger partial charge in [-0.1, -0.05) is 50.9 Å². The van der Waals surface area contributed by atoms with Gasteiger partial charge in [0.25, 0.3) is 0 Å². The number of aryl methyl sites for hydroxylation is 1. The molecule has 0 saturated carbocycles. The van der Waals surface area contributed by atoms with Crippen LogP contribution in [0.5, 0.6) is 0 Å². The molecule has 40 heavy (non-hydrogen) atoms. The molecule has 0 bridgehead atoms. The predicted octanol–water partition coefficient (Wildman–Crippen LogP) is 5.74. The fourth-order valence-corrected chi connectivity index (χ4v) is 4.67. The van der Waals surface area contributed by atoms with E-state index in [4.69, 9.17) is 16.3 Å². The van der Waals surface area contributed by atoms with E-state index >= 15 is 0 Å². The van der Waals surface area contributed by atoms with Gasteiger partial charge in [-0.2, -0.15) is 0 Å². The van der Waals surface area contributed by atoms with E-state index in [0.717, 1.165) is 75.1 Å². The molecule has 0 amide bonds. The van der Waals surface area contributed by atoms with Crippen LogP contribution in [0.25, 0.3) is 0 Å². The Balaban J connectivity index is 0.000000256. The highest BCUT2D eigenvalue weighted by atomic mass is 35.5. The Morgan fingerprint density at radius 1 is 1.12 bits per heavy atom. The molecule has 0 aliphatic carbocycles. The van der Waals surface area contributed by atoms with Crippen molar-refractivity contribution in [3.63, 3.8) is 0 Å². The molecule has 2 saturated heterocycles. The largest absolute Gasteiger partial charge is 0.378 e. The second-order valence-corrected chi connectivity index (χ2v) is 10.2. The number of halogens is 2. The SMILES string of the molecule is CCC.CCc1cc(CN=CN2CCOCC2)ccc1F.CN=C(C)N1CCCN(c2nccnc2Cl)CC1C. The number of anilines is 1. The lowest BCUT2D eigenvalue weighted by molar-refractivity contribution is 0.0699. The number of ether oxygens (including phenoxy) is 1. The molecule has 1 atom stereocenters. The summed E-state index contributed by atoms with van der Waals surface area (Å²) in [5.74, 6) is 1.74. The minimum Gasteiger partial charge on any atom is -0.378 e. The van der Waals surface area contributed by atoms with Gasteiger partial charge in [0.15, 0.2) is 11.0 Å². The van der Waals surface area contributed by atoms with Gasteiger partial charge in [-0.05, 0) is 43.9 Å². The van der Waals surface area contributed by atoms with Crippen LogP contribution in [0.1, 0.15) is 58.6 Å². The fourth-order valence-electron chi connectivity index (χ4n) is 4.44. The smallest absolute Gasteiger partial charge is 0.171 e. The molecule has 1 aromatic carbocycles. The van der Waals surface area contributed by atoms with Crippen LogP contribution in [0.2, 0.25) is 5.15 Å². The van der Waals surface area contributed by atoms with Gasteiger partial charge in [0.1, 0.15) is 5.82 Å². The summed E-state index contributed by atoms with van der Waals surface area (Å²) in [6, 6.07) is 5.60. The first-order chi connectivity index (χ1) is 19.3. The Morgan fingerprint density at radius 3 is 2.48 bits per heavy atom. The molecule has 0 spiro atoms. The second-order valence-electron chi connectivity index (χ2n) is 9.87. The van der Waals surface area contributed by atoms with Crippen LogP contribution in [0.3, 0.4) is 0 Å². The van der Waals surface area contributed by atoms with E-state index in [1.54, 1.807) is 18.5 Å². The van der Waals surface area contributed by atoms with Gasteiger partial charge in [-0.3, -0.25) is 9.98 Å². The topological polar surface area (TPSA) is 69.5 Å². The number of aliphatic imine (C=N–C) groups is 2. The van der Waals surface area contributed by atoms with Crippen molar-refractivity contribution in [3.05, 3.63) is 52.7 Å². The van der Waals surface area contributed by atoms with Gasteiger partial charge < -0.3 is 19.4 Å². The van der Waals surface area contributed by atoms with Gasteiger partial charge in [0.05, 0.1) is 31.9 Å². The molecule has 2 aromatic rings. The van der Waals surface area contributed by atoms with E-state index in [2.05, 4.69) is 62.3 Å². The third-order valence-electron chi connectivity index (χ3n) is 6.57. The maximum Gasteiger partial charge on any atom is 0.171 e. The first kappa shape index (κ1) is 33.4. The van der Waals surface area contributed by atoms with Crippen molar-refractivity contribution in [2.45, 2.75) is 66.5 Å². The standard InChI is InChI=1S/C14H19FN2O.C13H20ClN5.C3H8/c1-2-13-9-12(3-4-14(13)15)10-16-11-17-5-7-18-8-6-17;1-10-9-18(13-12(14)16-5-6-17-13)7-4-8-19(10)11(2)15-3;1-3-2/h3-4,9,11H,2,5-8,10H2,1H3;5-6,10H,4,7-9H2,1-3H3;3H2,1-2H3. The van der Waals surface area contributed by atoms with E-state index in [1.165, 1.54) is 12.5 Å². The minimum atomic E-state index is -0.126. The summed E-state index contributed by atoms with van der Waals surface area (Å²) in [6.45, 7) is 17.2. The predicted molar refractivity (Wildman–Crippen MR) is 165 cm³/mol. The van der Waals surface area contributed by atoms with Crippen molar-refractivity contribution in [1.82, 2.24) is 19.8 Å². The number of nitrogens with zero attached hydrogens (tertiary/aromatic N) is 7. The average Bonchev–Trinajstić information content (AvgIpc) is 3.16. The number of hydrogen-bond donors (Lipinski definition) is 0. The highest BCUT2D eigenvalue weighted by Crippen LogP contribution is 2.23. The van der Waals surface area contributed by atoms with Gasteiger partial charge >= 0.3 is 0 Å². The number of rotatable bonds is 5. The number of benzene rings is 1. The summed E-state index contributed by atoms with van der Waals surface area (Å²) in [5, 5.41) is 0.476. The molecule has 222 valence electrons. The molecule has 1 aromatic heterocycles. The Bertz CT molecular complexity index is 1060. The van der Waals surface area contributed by atoms with Gasteiger partial charge in [-0.25, -0.2) is 14.4 Å². The summed E-state index contributed by atoms with van der Waals surface area (Å²) >= 11 is 6.13. The normalized spacial score (nSPS) is 18.1. The number of hydrogen-bond acceptors (Lipinski definition) is 6. The van der Waals surface area contributed by atoms with Crippen LogP contribution in [0.15, 0.2) is 40.6 Å². The van der Waals surface area contributed by atoms with Gasteiger partial charge in [0, 0.05) is 58.2 Å². The van der Waals surface area contributed by atoms with Gasteiger partial charge in [-0.15, -0.1) is 0 Å². The van der Waals surface area contributed by atoms with Crippen molar-refractivity contribution < 1.29 is 9.13 Å². The van der Waals surface area contributed by atoms with Crippen molar-refractivity contribution in [2.75, 3.05) is 57.9 Å². The maximum absolute atomic E-state index is 13.3. The third-order valence-corrected chi connectivity index (χ3v) is 6.84.